The van der Waals surface area contributed by atoms with Gasteiger partial charge in [0.25, 0.3) is 10.0 Å². The van der Waals surface area contributed by atoms with Gasteiger partial charge in [0.15, 0.2) is 11.5 Å². The van der Waals surface area contributed by atoms with Gasteiger partial charge in [-0.1, -0.05) is 26.0 Å². The molecule has 3 rings (SSSR count). The molecule has 0 bridgehead atoms. The Hall–Kier alpha value is -1.77. The molecule has 0 saturated carbocycles. The Balaban J connectivity index is 1.98. The normalized spacial score (nSPS) is 13.7. The van der Waals surface area contributed by atoms with Gasteiger partial charge < -0.3 is 0 Å². The number of aromatic nitrogens is 3. The van der Waals surface area contributed by atoms with E-state index in [2.05, 4.69) is 28.8 Å². The Kier molecular flexibility index (Phi) is 4.47. The van der Waals surface area contributed by atoms with Gasteiger partial charge in [0.1, 0.15) is 4.21 Å². The van der Waals surface area contributed by atoms with Crippen molar-refractivity contribution < 1.29 is 8.42 Å². The molecule has 0 spiro atoms. The summed E-state index contributed by atoms with van der Waals surface area (Å²) in [6.07, 6.45) is 2.48. The van der Waals surface area contributed by atoms with Crippen LogP contribution in [-0.2, 0) is 10.0 Å². The van der Waals surface area contributed by atoms with Crippen LogP contribution in [0.3, 0.4) is 0 Å². The van der Waals surface area contributed by atoms with Crippen LogP contribution in [0.25, 0.3) is 5.65 Å². The second-order valence-electron chi connectivity index (χ2n) is 5.72. The minimum Gasteiger partial charge on any atom is -0.285 e. The summed E-state index contributed by atoms with van der Waals surface area (Å²) in [5, 5.41) is 10.1. The molecule has 0 saturated heterocycles. The molecule has 122 valence electrons. The highest BCUT2D eigenvalue weighted by Crippen LogP contribution is 2.24. The molecule has 3 aromatic heterocycles. The van der Waals surface area contributed by atoms with Gasteiger partial charge in [-0.05, 0) is 35.9 Å². The zero-order valence-corrected chi connectivity index (χ0v) is 14.5. The average Bonchev–Trinajstić information content (AvgIpc) is 3.16. The van der Waals surface area contributed by atoms with Gasteiger partial charge >= 0.3 is 0 Å². The van der Waals surface area contributed by atoms with Gasteiger partial charge in [-0.15, -0.1) is 21.5 Å². The van der Waals surface area contributed by atoms with E-state index in [9.17, 15) is 8.42 Å². The van der Waals surface area contributed by atoms with Crippen molar-refractivity contribution in [1.29, 1.82) is 0 Å². The fourth-order valence-electron chi connectivity index (χ4n) is 2.44. The molecular formula is C15H18N4O2S2. The Bertz CT molecular complexity index is 885. The number of hydrogen-bond acceptors (Lipinski definition) is 5. The number of hydrogen-bond donors (Lipinski definition) is 1. The zero-order chi connectivity index (χ0) is 16.4. The lowest BCUT2D eigenvalue weighted by molar-refractivity contribution is 0.454. The summed E-state index contributed by atoms with van der Waals surface area (Å²) in [4.78, 5) is 0. The summed E-state index contributed by atoms with van der Waals surface area (Å²) in [6.45, 7) is 4.10. The fraction of sp³-hybridized carbons (Fsp3) is 0.333. The van der Waals surface area contributed by atoms with Crippen LogP contribution in [0.5, 0.6) is 0 Å². The predicted octanol–water partition coefficient (Wildman–Crippen LogP) is 2.86. The molecule has 0 amide bonds. The first-order valence-electron chi connectivity index (χ1n) is 7.33. The first-order chi connectivity index (χ1) is 11.0. The van der Waals surface area contributed by atoms with Crippen LogP contribution in [0.2, 0.25) is 0 Å². The van der Waals surface area contributed by atoms with E-state index in [1.165, 1.54) is 11.3 Å². The van der Waals surface area contributed by atoms with Gasteiger partial charge in [0.2, 0.25) is 0 Å². The SMILES string of the molecule is CC(C)C[C@@H](NS(=O)(=O)c1cccs1)c1nnc2ccccn12. The Morgan fingerprint density at radius 1 is 1.22 bits per heavy atom. The highest BCUT2D eigenvalue weighted by atomic mass is 32.2. The van der Waals surface area contributed by atoms with Gasteiger partial charge in [-0.3, -0.25) is 4.40 Å². The molecule has 1 N–H and O–H groups in total. The molecule has 8 heteroatoms. The van der Waals surface area contributed by atoms with E-state index in [1.54, 1.807) is 17.5 Å². The number of fused-ring (bicyclic) bond motifs is 1. The molecule has 0 aromatic carbocycles. The van der Waals surface area contributed by atoms with Crippen LogP contribution in [-0.4, -0.2) is 23.0 Å². The molecule has 3 aromatic rings. The monoisotopic (exact) mass is 350 g/mol. The van der Waals surface area contributed by atoms with Crippen molar-refractivity contribution in [3.63, 3.8) is 0 Å². The maximum absolute atomic E-state index is 12.6. The van der Waals surface area contributed by atoms with Crippen molar-refractivity contribution in [3.05, 3.63) is 47.7 Å². The van der Waals surface area contributed by atoms with Crippen LogP contribution in [0, 0.1) is 5.92 Å². The predicted molar refractivity (Wildman–Crippen MR) is 89.8 cm³/mol. The molecular weight excluding hydrogens is 332 g/mol. The average molecular weight is 350 g/mol. The van der Waals surface area contributed by atoms with Gasteiger partial charge in [-0.2, -0.15) is 4.72 Å². The number of nitrogens with zero attached hydrogens (tertiary/aromatic N) is 3. The molecule has 1 atom stereocenters. The number of nitrogens with one attached hydrogen (secondary N) is 1. The van der Waals surface area contributed by atoms with E-state index in [0.717, 1.165) is 0 Å². The maximum Gasteiger partial charge on any atom is 0.250 e. The van der Waals surface area contributed by atoms with E-state index >= 15 is 0 Å². The molecule has 0 fully saturated rings. The zero-order valence-electron chi connectivity index (χ0n) is 12.9. The minimum absolute atomic E-state index is 0.306. The summed E-state index contributed by atoms with van der Waals surface area (Å²) in [5.41, 5.74) is 0.701. The topological polar surface area (TPSA) is 76.4 Å². The van der Waals surface area contributed by atoms with Crippen molar-refractivity contribution >= 4 is 27.0 Å². The molecule has 6 nitrogen and oxygen atoms in total. The Morgan fingerprint density at radius 3 is 2.74 bits per heavy atom. The lowest BCUT2D eigenvalue weighted by Crippen LogP contribution is -2.30. The number of sulfonamides is 1. The van der Waals surface area contributed by atoms with Gasteiger partial charge in [0.05, 0.1) is 6.04 Å². The molecule has 0 aliphatic heterocycles. The summed E-state index contributed by atoms with van der Waals surface area (Å²) >= 11 is 1.20. The quantitative estimate of drug-likeness (QED) is 0.742. The lowest BCUT2D eigenvalue weighted by Gasteiger charge is -2.18. The molecule has 0 unspecified atom stereocenters. The van der Waals surface area contributed by atoms with E-state index in [4.69, 9.17) is 0 Å². The van der Waals surface area contributed by atoms with Gasteiger partial charge in [-0.25, -0.2) is 8.42 Å². The van der Waals surface area contributed by atoms with E-state index in [1.807, 2.05) is 28.8 Å². The standard InChI is InChI=1S/C15H18N4O2S2/c1-11(2)10-12(18-23(20,21)14-7-5-9-22-14)15-17-16-13-6-3-4-8-19(13)15/h3-9,11-12,18H,10H2,1-2H3/t12-/m1/s1. The van der Waals surface area contributed by atoms with Crippen LogP contribution in [0.15, 0.2) is 46.1 Å². The first-order valence-corrected chi connectivity index (χ1v) is 9.69. The first kappa shape index (κ1) is 16.1. The number of rotatable bonds is 6. The maximum atomic E-state index is 12.6. The Morgan fingerprint density at radius 2 is 2.04 bits per heavy atom. The molecule has 23 heavy (non-hydrogen) atoms. The third-order valence-corrected chi connectivity index (χ3v) is 6.29. The highest BCUT2D eigenvalue weighted by Gasteiger charge is 2.26. The van der Waals surface area contributed by atoms with Crippen molar-refractivity contribution in [1.82, 2.24) is 19.3 Å². The number of thiophene rings is 1. The van der Waals surface area contributed by atoms with E-state index in [0.29, 0.717) is 28.0 Å². The van der Waals surface area contributed by atoms with Crippen molar-refractivity contribution in [3.8, 4) is 0 Å². The third-order valence-electron chi connectivity index (χ3n) is 3.42. The second-order valence-corrected chi connectivity index (χ2v) is 8.61. The highest BCUT2D eigenvalue weighted by molar-refractivity contribution is 7.91. The summed E-state index contributed by atoms with van der Waals surface area (Å²) in [6, 6.07) is 8.49. The minimum atomic E-state index is -3.57. The number of pyridine rings is 1. The largest absolute Gasteiger partial charge is 0.285 e. The second kappa shape index (κ2) is 6.38. The molecule has 0 aliphatic rings. The Labute approximate surface area is 139 Å². The smallest absolute Gasteiger partial charge is 0.250 e. The summed E-state index contributed by atoms with van der Waals surface area (Å²) in [7, 11) is -3.57. The summed E-state index contributed by atoms with van der Waals surface area (Å²) < 4.78 is 30.0. The van der Waals surface area contributed by atoms with Crippen molar-refractivity contribution in [2.45, 2.75) is 30.5 Å². The van der Waals surface area contributed by atoms with Crippen LogP contribution < -0.4 is 4.72 Å². The molecule has 0 aliphatic carbocycles. The van der Waals surface area contributed by atoms with Crippen molar-refractivity contribution in [2.24, 2.45) is 5.92 Å². The molecule has 3 heterocycles. The van der Waals surface area contributed by atoms with Crippen molar-refractivity contribution in [2.75, 3.05) is 0 Å². The van der Waals surface area contributed by atoms with E-state index < -0.39 is 16.1 Å². The van der Waals surface area contributed by atoms with E-state index in [-0.39, 0.29) is 0 Å². The third kappa shape index (κ3) is 3.44. The van der Waals surface area contributed by atoms with Crippen LogP contribution in [0.1, 0.15) is 32.1 Å². The van der Waals surface area contributed by atoms with Gasteiger partial charge in [0, 0.05) is 6.20 Å². The lowest BCUT2D eigenvalue weighted by atomic mass is 10.0. The molecule has 0 radical (unpaired) electrons. The van der Waals surface area contributed by atoms with Crippen LogP contribution in [0.4, 0.5) is 0 Å². The summed E-state index contributed by atoms with van der Waals surface area (Å²) in [5.74, 6) is 0.913. The fourth-order valence-corrected chi connectivity index (χ4v) is 4.65. The van der Waals surface area contributed by atoms with Crippen LogP contribution >= 0.6 is 11.3 Å².